The molecular weight excluding hydrogens is 455 g/mol. The molecule has 0 aliphatic heterocycles. The van der Waals surface area contributed by atoms with E-state index in [0.29, 0.717) is 13.0 Å². The molecule has 0 fully saturated rings. The molecule has 4 aromatic rings. The van der Waals surface area contributed by atoms with Gasteiger partial charge in [0, 0.05) is 28.7 Å². The van der Waals surface area contributed by atoms with E-state index >= 15 is 0 Å². The van der Waals surface area contributed by atoms with Crippen LogP contribution in [0.2, 0.25) is 0 Å². The Morgan fingerprint density at radius 2 is 1.48 bits per heavy atom. The van der Waals surface area contributed by atoms with Crippen LogP contribution in [-0.2, 0) is 0 Å². The Morgan fingerprint density at radius 3 is 2.10 bits per heavy atom. The van der Waals surface area contributed by atoms with Gasteiger partial charge in [0.15, 0.2) is 0 Å². The Hall–Kier alpha value is -1.56. The van der Waals surface area contributed by atoms with Crippen LogP contribution < -0.4 is 4.74 Å². The lowest BCUT2D eigenvalue weighted by atomic mass is 10.0. The summed E-state index contributed by atoms with van der Waals surface area (Å²) in [5, 5.41) is 13.4. The van der Waals surface area contributed by atoms with Gasteiger partial charge in [0.05, 0.1) is 21.1 Å². The fourth-order valence-corrected chi connectivity index (χ4v) is 8.94. The molecule has 0 saturated heterocycles. The number of ether oxygens (including phenoxy) is 1. The van der Waals surface area contributed by atoms with Crippen molar-refractivity contribution in [1.29, 1.82) is 5.26 Å². The molecule has 2 nitrogen and oxygen atoms in total. The summed E-state index contributed by atoms with van der Waals surface area (Å²) in [7, 11) is 0. The Bertz CT molecular complexity index is 1180. The van der Waals surface area contributed by atoms with Crippen LogP contribution in [0.5, 0.6) is 5.75 Å². The van der Waals surface area contributed by atoms with Crippen molar-refractivity contribution in [2.75, 3.05) is 18.1 Å². The summed E-state index contributed by atoms with van der Waals surface area (Å²) in [6, 6.07) is 21.2. The van der Waals surface area contributed by atoms with Gasteiger partial charge in [-0.05, 0) is 16.8 Å². The van der Waals surface area contributed by atoms with Gasteiger partial charge in [-0.2, -0.15) is 5.26 Å². The molecule has 7 heteroatoms. The molecule has 0 radical (unpaired) electrons. The molecule has 0 aliphatic carbocycles. The van der Waals surface area contributed by atoms with Crippen LogP contribution in [0.4, 0.5) is 0 Å². The van der Waals surface area contributed by atoms with E-state index in [4.69, 9.17) is 22.2 Å². The number of nitriles is 1. The molecule has 0 unspecified atom stereocenters. The van der Waals surface area contributed by atoms with Gasteiger partial charge in [0.1, 0.15) is 8.89 Å². The lowest BCUT2D eigenvalue weighted by Gasteiger charge is -2.13. The minimum Gasteiger partial charge on any atom is -0.491 e. The number of benzene rings is 3. The van der Waals surface area contributed by atoms with Gasteiger partial charge < -0.3 is 4.74 Å². The second-order valence-electron chi connectivity index (χ2n) is 6.13. The summed E-state index contributed by atoms with van der Waals surface area (Å²) in [5.41, 5.74) is 0. The molecule has 0 aliphatic rings. The van der Waals surface area contributed by atoms with Crippen LogP contribution in [0.3, 0.4) is 0 Å². The Morgan fingerprint density at radius 1 is 0.897 bits per heavy atom. The Labute approximate surface area is 191 Å². The number of thioether (sulfide) groups is 2. The fraction of sp³-hybridized carbons (Fsp3) is 0.182. The Kier molecular flexibility index (Phi) is 7.11. The van der Waals surface area contributed by atoms with Gasteiger partial charge in [-0.3, -0.25) is 0 Å². The third kappa shape index (κ3) is 4.96. The van der Waals surface area contributed by atoms with E-state index in [2.05, 4.69) is 60.7 Å². The number of hydrogen-bond donors (Lipinski definition) is 0. The van der Waals surface area contributed by atoms with Crippen LogP contribution in [-0.4, -0.2) is 18.1 Å². The molecule has 0 atom stereocenters. The van der Waals surface area contributed by atoms with E-state index in [1.54, 1.807) is 46.2 Å². The zero-order valence-electron chi connectivity index (χ0n) is 15.4. The summed E-state index contributed by atoms with van der Waals surface area (Å²) < 4.78 is 9.73. The third-order valence-electron chi connectivity index (χ3n) is 4.25. The first-order valence-electron chi connectivity index (χ1n) is 9.06. The highest BCUT2D eigenvalue weighted by Gasteiger charge is 2.11. The van der Waals surface area contributed by atoms with Crippen molar-refractivity contribution in [1.82, 2.24) is 0 Å². The largest absolute Gasteiger partial charge is 0.491 e. The van der Waals surface area contributed by atoms with Crippen LogP contribution >= 0.6 is 58.4 Å². The minimum atomic E-state index is 0.557. The normalized spacial score (nSPS) is 11.0. The summed E-state index contributed by atoms with van der Waals surface area (Å²) in [5.74, 6) is 2.62. The number of nitrogens with zero attached hydrogens (tertiary/aromatic N) is 1. The fourth-order valence-electron chi connectivity index (χ4n) is 3.03. The van der Waals surface area contributed by atoms with Gasteiger partial charge in [-0.1, -0.05) is 60.7 Å². The number of fused-ring (bicyclic) bond motifs is 2. The molecule has 3 aromatic carbocycles. The molecule has 0 N–H and O–H groups in total. The highest BCUT2D eigenvalue weighted by Crippen LogP contribution is 2.41. The molecule has 0 bridgehead atoms. The lowest BCUT2D eigenvalue weighted by molar-refractivity contribution is 0.352. The van der Waals surface area contributed by atoms with Crippen LogP contribution in [0, 0.1) is 14.5 Å². The van der Waals surface area contributed by atoms with Gasteiger partial charge in [-0.25, -0.2) is 0 Å². The minimum absolute atomic E-state index is 0.557. The van der Waals surface area contributed by atoms with Gasteiger partial charge in [0.25, 0.3) is 0 Å². The van der Waals surface area contributed by atoms with E-state index in [1.807, 2.05) is 0 Å². The molecule has 4 rings (SSSR count). The Balaban J connectivity index is 1.48. The van der Waals surface area contributed by atoms with E-state index in [9.17, 15) is 0 Å². The molecular formula is C22H17NOS5. The van der Waals surface area contributed by atoms with Crippen molar-refractivity contribution in [3.63, 3.8) is 0 Å². The van der Waals surface area contributed by atoms with Crippen LogP contribution in [0.25, 0.3) is 21.5 Å². The van der Waals surface area contributed by atoms with Gasteiger partial charge in [-0.15, -0.1) is 46.2 Å². The number of hydrogen-bond acceptors (Lipinski definition) is 7. The quantitative estimate of drug-likeness (QED) is 0.112. The van der Waals surface area contributed by atoms with Crippen molar-refractivity contribution in [3.8, 4) is 11.8 Å². The van der Waals surface area contributed by atoms with E-state index < -0.39 is 0 Å². The average Bonchev–Trinajstić information content (AvgIpc) is 3.10. The predicted octanol–water partition coefficient (Wildman–Crippen LogP) is 8.02. The van der Waals surface area contributed by atoms with Crippen LogP contribution in [0.1, 0.15) is 6.42 Å². The molecule has 0 saturated carbocycles. The summed E-state index contributed by atoms with van der Waals surface area (Å²) >= 11 is 12.2. The monoisotopic (exact) mass is 471 g/mol. The SMILES string of the molecule is N#CCCSc1sc(=S)sc1SCCOc1c2ccccc2cc2ccccc12. The summed E-state index contributed by atoms with van der Waals surface area (Å²) in [6.07, 6.45) is 0.557. The van der Waals surface area contributed by atoms with Gasteiger partial charge >= 0.3 is 0 Å². The maximum atomic E-state index is 8.75. The average molecular weight is 472 g/mol. The highest BCUT2D eigenvalue weighted by molar-refractivity contribution is 8.05. The first-order valence-corrected chi connectivity index (χ1v) is 13.1. The van der Waals surface area contributed by atoms with E-state index in [0.717, 1.165) is 31.2 Å². The zero-order chi connectivity index (χ0) is 20.1. The van der Waals surface area contributed by atoms with Crippen LogP contribution in [0.15, 0.2) is 63.0 Å². The van der Waals surface area contributed by atoms with Crippen molar-refractivity contribution in [2.24, 2.45) is 0 Å². The highest BCUT2D eigenvalue weighted by atomic mass is 32.2. The summed E-state index contributed by atoms with van der Waals surface area (Å²) in [6.45, 7) is 0.625. The maximum absolute atomic E-state index is 8.75. The maximum Gasteiger partial charge on any atom is 0.145 e. The summed E-state index contributed by atoms with van der Waals surface area (Å²) in [4.78, 5) is 0. The van der Waals surface area contributed by atoms with Crippen molar-refractivity contribution < 1.29 is 4.74 Å². The standard InChI is InChI=1S/C22H17NOS5/c23-10-5-12-26-20-21(29-22(25)28-20)27-13-11-24-19-17-8-3-1-6-15(17)14-16-7-2-4-9-18(16)19/h1-4,6-9,14H,5,11-13H2. The second kappa shape index (κ2) is 9.96. The lowest BCUT2D eigenvalue weighted by Crippen LogP contribution is -2.01. The molecule has 1 heterocycles. The van der Waals surface area contributed by atoms with Crippen molar-refractivity contribution in [3.05, 3.63) is 57.7 Å². The predicted molar refractivity (Wildman–Crippen MR) is 132 cm³/mol. The second-order valence-corrected chi connectivity index (χ2v) is 12.1. The molecule has 0 amide bonds. The molecule has 0 spiro atoms. The molecule has 29 heavy (non-hydrogen) atoms. The van der Waals surface area contributed by atoms with Crippen molar-refractivity contribution >= 4 is 80.0 Å². The smallest absolute Gasteiger partial charge is 0.145 e. The van der Waals surface area contributed by atoms with Gasteiger partial charge in [0.2, 0.25) is 0 Å². The molecule has 146 valence electrons. The molecule has 1 aromatic heterocycles. The van der Waals surface area contributed by atoms with Crippen molar-refractivity contribution in [2.45, 2.75) is 14.8 Å². The number of rotatable bonds is 8. The first kappa shape index (κ1) is 20.7. The van der Waals surface area contributed by atoms with E-state index in [-0.39, 0.29) is 0 Å². The van der Waals surface area contributed by atoms with E-state index in [1.165, 1.54) is 19.2 Å². The topological polar surface area (TPSA) is 33.0 Å². The zero-order valence-corrected chi connectivity index (χ0v) is 19.5. The third-order valence-corrected chi connectivity index (χ3v) is 9.80. The first-order chi connectivity index (χ1) is 14.3.